The summed E-state index contributed by atoms with van der Waals surface area (Å²) < 4.78 is 20.1. The van der Waals surface area contributed by atoms with E-state index in [1.165, 1.54) is 6.07 Å². The molecule has 10 nitrogen and oxygen atoms in total. The van der Waals surface area contributed by atoms with Gasteiger partial charge in [-0.05, 0) is 37.6 Å². The molecule has 0 spiro atoms. The number of nitrogens with one attached hydrogen (secondary N) is 1. The van der Waals surface area contributed by atoms with Crippen molar-refractivity contribution >= 4 is 34.4 Å². The number of amides is 1. The lowest BCUT2D eigenvalue weighted by atomic mass is 10.0. The number of carboxylic acid groups (broad SMARTS) is 1. The average Bonchev–Trinajstić information content (AvgIpc) is 3.33. The number of carboxylic acids is 1. The van der Waals surface area contributed by atoms with Crippen LogP contribution in [-0.4, -0.2) is 76.9 Å². The SMILES string of the molecule is Cc1cc([C@@H](C)Nc2ccccc2C(=O)O)c2nc(N3CC(F)CC3C(=O)N3CCOCC3)c(C#N)nc2c1. The molecule has 202 valence electrons. The van der Waals surface area contributed by atoms with E-state index in [0.29, 0.717) is 43.0 Å². The number of aromatic carboxylic acids is 1. The lowest BCUT2D eigenvalue weighted by molar-refractivity contribution is -0.136. The third kappa shape index (κ3) is 5.20. The average molecular weight is 533 g/mol. The van der Waals surface area contributed by atoms with E-state index < -0.39 is 18.2 Å². The number of nitriles is 1. The first kappa shape index (κ1) is 26.3. The lowest BCUT2D eigenvalue weighted by Gasteiger charge is -2.33. The number of ether oxygens (including phenoxy) is 1. The Balaban J connectivity index is 1.56. The summed E-state index contributed by atoms with van der Waals surface area (Å²) in [6.45, 7) is 5.41. The van der Waals surface area contributed by atoms with Crippen molar-refractivity contribution in [1.82, 2.24) is 14.9 Å². The van der Waals surface area contributed by atoms with E-state index in [9.17, 15) is 24.3 Å². The molecular weight excluding hydrogens is 503 g/mol. The Morgan fingerprint density at radius 2 is 1.97 bits per heavy atom. The van der Waals surface area contributed by atoms with Crippen LogP contribution in [-0.2, 0) is 9.53 Å². The molecule has 3 heterocycles. The summed E-state index contributed by atoms with van der Waals surface area (Å²) in [5.74, 6) is -1.10. The standard InChI is InChI=1S/C28H29FN6O4/c1-16-11-20(17(2)31-21-6-4-3-5-19(21)28(37)38)25-22(12-16)32-23(14-30)26(33-25)35-15-18(29)13-24(35)27(36)34-7-9-39-10-8-34/h3-6,11-12,17-18,24,31H,7-10,13,15H2,1-2H3,(H,37,38)/t17-,18?,24?/m1/s1. The third-order valence-corrected chi connectivity index (χ3v) is 7.16. The summed E-state index contributed by atoms with van der Waals surface area (Å²) in [6, 6.07) is 11.2. The Hall–Kier alpha value is -4.30. The van der Waals surface area contributed by atoms with E-state index in [0.717, 1.165) is 11.1 Å². The maximum atomic E-state index is 14.8. The highest BCUT2D eigenvalue weighted by Gasteiger charge is 2.41. The van der Waals surface area contributed by atoms with Gasteiger partial charge in [-0.3, -0.25) is 4.79 Å². The highest BCUT2D eigenvalue weighted by atomic mass is 19.1. The molecule has 2 aliphatic heterocycles. The molecule has 0 aliphatic carbocycles. The van der Waals surface area contributed by atoms with Crippen LogP contribution in [0.5, 0.6) is 0 Å². The van der Waals surface area contributed by atoms with E-state index in [-0.39, 0.29) is 42.0 Å². The van der Waals surface area contributed by atoms with E-state index in [1.54, 1.807) is 28.0 Å². The molecule has 39 heavy (non-hydrogen) atoms. The zero-order valence-electron chi connectivity index (χ0n) is 21.7. The van der Waals surface area contributed by atoms with Gasteiger partial charge >= 0.3 is 5.97 Å². The van der Waals surface area contributed by atoms with Crippen molar-refractivity contribution in [1.29, 1.82) is 5.26 Å². The first-order chi connectivity index (χ1) is 18.8. The van der Waals surface area contributed by atoms with Crippen LogP contribution in [0.2, 0.25) is 0 Å². The third-order valence-electron chi connectivity index (χ3n) is 7.16. The second kappa shape index (κ2) is 10.8. The van der Waals surface area contributed by atoms with Crippen molar-refractivity contribution < 1.29 is 23.8 Å². The Labute approximate surface area is 225 Å². The van der Waals surface area contributed by atoms with Crippen LogP contribution in [0.3, 0.4) is 0 Å². The number of aryl methyl sites for hydroxylation is 1. The van der Waals surface area contributed by atoms with Gasteiger partial charge in [0, 0.05) is 30.8 Å². The van der Waals surface area contributed by atoms with Crippen LogP contribution in [0.1, 0.15) is 46.6 Å². The number of carbonyl (C=O) groups excluding carboxylic acids is 1. The summed E-state index contributed by atoms with van der Waals surface area (Å²) >= 11 is 0. The maximum absolute atomic E-state index is 14.8. The van der Waals surface area contributed by atoms with Crippen LogP contribution >= 0.6 is 0 Å². The fraction of sp³-hybridized carbons (Fsp3) is 0.393. The number of hydrogen-bond acceptors (Lipinski definition) is 8. The summed E-state index contributed by atoms with van der Waals surface area (Å²) in [4.78, 5) is 37.7. The molecule has 2 fully saturated rings. The Morgan fingerprint density at radius 1 is 1.23 bits per heavy atom. The topological polar surface area (TPSA) is 132 Å². The number of fused-ring (bicyclic) bond motifs is 1. The normalized spacial score (nSPS) is 20.1. The summed E-state index contributed by atoms with van der Waals surface area (Å²) in [5.41, 5.74) is 3.19. The van der Waals surface area contributed by atoms with Crippen LogP contribution in [0.25, 0.3) is 11.0 Å². The summed E-state index contributed by atoms with van der Waals surface area (Å²) in [6.07, 6.45) is -1.25. The molecule has 2 N–H and O–H groups in total. The molecule has 3 atom stereocenters. The van der Waals surface area contributed by atoms with Crippen LogP contribution in [0, 0.1) is 18.3 Å². The van der Waals surface area contributed by atoms with Gasteiger partial charge in [0.2, 0.25) is 5.91 Å². The Morgan fingerprint density at radius 3 is 2.69 bits per heavy atom. The number of alkyl halides is 1. The first-order valence-electron chi connectivity index (χ1n) is 12.8. The molecule has 11 heteroatoms. The molecule has 5 rings (SSSR count). The fourth-order valence-electron chi connectivity index (χ4n) is 5.28. The molecule has 3 aromatic rings. The van der Waals surface area contributed by atoms with Gasteiger partial charge in [-0.2, -0.15) is 5.26 Å². The number of hydrogen-bond donors (Lipinski definition) is 2. The van der Waals surface area contributed by atoms with Gasteiger partial charge in [0.05, 0.1) is 42.4 Å². The van der Waals surface area contributed by atoms with E-state index in [2.05, 4.69) is 16.4 Å². The zero-order chi connectivity index (χ0) is 27.7. The van der Waals surface area contributed by atoms with Gasteiger partial charge in [0.15, 0.2) is 11.5 Å². The minimum atomic E-state index is -1.25. The van der Waals surface area contributed by atoms with Gasteiger partial charge in [0.1, 0.15) is 18.3 Å². The zero-order valence-corrected chi connectivity index (χ0v) is 21.7. The number of benzene rings is 2. The predicted octanol–water partition coefficient (Wildman–Crippen LogP) is 3.46. The Kier molecular flexibility index (Phi) is 7.30. The maximum Gasteiger partial charge on any atom is 0.337 e. The van der Waals surface area contributed by atoms with Crippen LogP contribution in [0.15, 0.2) is 36.4 Å². The van der Waals surface area contributed by atoms with E-state index in [4.69, 9.17) is 9.72 Å². The number of anilines is 2. The number of halogens is 1. The minimum Gasteiger partial charge on any atom is -0.478 e. The largest absolute Gasteiger partial charge is 0.478 e. The second-order valence-electron chi connectivity index (χ2n) is 9.89. The second-order valence-corrected chi connectivity index (χ2v) is 9.89. The number of para-hydroxylation sites is 1. The molecule has 2 aliphatic rings. The number of aromatic nitrogens is 2. The monoisotopic (exact) mass is 532 g/mol. The first-order valence-corrected chi connectivity index (χ1v) is 12.8. The van der Waals surface area contributed by atoms with Crippen molar-refractivity contribution in [3.05, 3.63) is 58.8 Å². The fourth-order valence-corrected chi connectivity index (χ4v) is 5.28. The van der Waals surface area contributed by atoms with Crippen molar-refractivity contribution in [3.63, 3.8) is 0 Å². The van der Waals surface area contributed by atoms with Crippen molar-refractivity contribution in [2.45, 2.75) is 38.5 Å². The van der Waals surface area contributed by atoms with Gasteiger partial charge in [-0.15, -0.1) is 0 Å². The molecule has 2 saturated heterocycles. The van der Waals surface area contributed by atoms with Crippen LogP contribution < -0.4 is 10.2 Å². The van der Waals surface area contributed by atoms with E-state index in [1.807, 2.05) is 26.0 Å². The van der Waals surface area contributed by atoms with Crippen molar-refractivity contribution in [2.24, 2.45) is 0 Å². The van der Waals surface area contributed by atoms with Gasteiger partial charge in [-0.1, -0.05) is 18.2 Å². The molecule has 2 unspecified atom stereocenters. The predicted molar refractivity (Wildman–Crippen MR) is 142 cm³/mol. The molecule has 0 radical (unpaired) electrons. The minimum absolute atomic E-state index is 0.00542. The molecule has 1 aromatic heterocycles. The summed E-state index contributed by atoms with van der Waals surface area (Å²) in [5, 5.41) is 22.8. The highest BCUT2D eigenvalue weighted by molar-refractivity contribution is 5.94. The van der Waals surface area contributed by atoms with Gasteiger partial charge in [0.25, 0.3) is 0 Å². The van der Waals surface area contributed by atoms with Gasteiger partial charge in [-0.25, -0.2) is 19.2 Å². The highest BCUT2D eigenvalue weighted by Crippen LogP contribution is 2.34. The number of rotatable bonds is 6. The molecule has 0 bridgehead atoms. The smallest absolute Gasteiger partial charge is 0.337 e. The summed E-state index contributed by atoms with van der Waals surface area (Å²) in [7, 11) is 0. The lowest BCUT2D eigenvalue weighted by Crippen LogP contribution is -2.50. The number of carbonyl (C=O) groups is 2. The molecule has 2 aromatic carbocycles. The molecule has 1 amide bonds. The van der Waals surface area contributed by atoms with Crippen molar-refractivity contribution in [2.75, 3.05) is 43.1 Å². The van der Waals surface area contributed by atoms with Crippen molar-refractivity contribution in [3.8, 4) is 6.07 Å². The quantitative estimate of drug-likeness (QED) is 0.490. The molecule has 0 saturated carbocycles. The number of nitrogens with zero attached hydrogens (tertiary/aromatic N) is 5. The number of morpholine rings is 1. The van der Waals surface area contributed by atoms with Gasteiger partial charge < -0.3 is 25.0 Å². The van der Waals surface area contributed by atoms with Crippen LogP contribution in [0.4, 0.5) is 15.9 Å². The Bertz CT molecular complexity index is 1470. The molecular formula is C28H29FN6O4. The van der Waals surface area contributed by atoms with E-state index >= 15 is 0 Å².